The maximum atomic E-state index is 12.7. The first kappa shape index (κ1) is 24.4. The Balaban J connectivity index is 1.65. The van der Waals surface area contributed by atoms with Crippen LogP contribution in [0.25, 0.3) is 0 Å². The van der Waals surface area contributed by atoms with Gasteiger partial charge in [-0.1, -0.05) is 30.1 Å². The van der Waals surface area contributed by atoms with Crippen LogP contribution in [-0.4, -0.2) is 54.6 Å². The SMILES string of the molecule is CCC(NC(=O)CNC(=O)c1cc(NC2=NCCN2)cnc1OC)c1cc(Cl)cc(Cl)c1O. The summed E-state index contributed by atoms with van der Waals surface area (Å²) in [6, 6.07) is 3.96. The number of nitrogens with one attached hydrogen (secondary N) is 4. The molecule has 1 unspecified atom stereocenters. The predicted octanol–water partition coefficient (Wildman–Crippen LogP) is 2.47. The maximum Gasteiger partial charge on any atom is 0.257 e. The van der Waals surface area contributed by atoms with E-state index in [0.717, 1.165) is 6.54 Å². The van der Waals surface area contributed by atoms with Crippen LogP contribution in [0.5, 0.6) is 11.6 Å². The highest BCUT2D eigenvalue weighted by atomic mass is 35.5. The molecular formula is C21H24Cl2N6O4. The molecule has 0 radical (unpaired) electrons. The number of hydrogen-bond acceptors (Lipinski definition) is 8. The molecule has 1 atom stereocenters. The maximum absolute atomic E-state index is 12.7. The van der Waals surface area contributed by atoms with Gasteiger partial charge in [0.05, 0.1) is 43.1 Å². The number of rotatable bonds is 8. The minimum absolute atomic E-state index is 0.0883. The summed E-state index contributed by atoms with van der Waals surface area (Å²) in [5, 5.41) is 22.1. The summed E-state index contributed by atoms with van der Waals surface area (Å²) in [4.78, 5) is 33.6. The molecule has 33 heavy (non-hydrogen) atoms. The molecule has 12 heteroatoms. The standard InChI is InChI=1S/C21H24Cl2N6O4/c1-3-16(13-6-11(22)7-15(23)18(13)31)29-17(30)10-26-19(32)14-8-12(9-27-20(14)33-2)28-21-24-4-5-25-21/h6-9,16,31H,3-5,10H2,1-2H3,(H,26,32)(H,29,30)(H2,24,25,28). The predicted molar refractivity (Wildman–Crippen MR) is 126 cm³/mol. The number of carbonyl (C=O) groups excluding carboxylic acids is 2. The second kappa shape index (κ2) is 11.1. The van der Waals surface area contributed by atoms with Crippen LogP contribution in [0.4, 0.5) is 5.69 Å². The largest absolute Gasteiger partial charge is 0.506 e. The number of hydrogen-bond donors (Lipinski definition) is 5. The summed E-state index contributed by atoms with van der Waals surface area (Å²) < 4.78 is 5.17. The number of phenolic OH excluding ortho intramolecular Hbond substituents is 1. The lowest BCUT2D eigenvalue weighted by atomic mass is 10.0. The molecule has 1 aromatic heterocycles. The molecule has 3 rings (SSSR count). The first-order valence-electron chi connectivity index (χ1n) is 10.2. The molecule has 0 aliphatic carbocycles. The lowest BCUT2D eigenvalue weighted by Gasteiger charge is -2.20. The van der Waals surface area contributed by atoms with E-state index in [1.807, 2.05) is 6.92 Å². The lowest BCUT2D eigenvalue weighted by Crippen LogP contribution is -2.38. The molecule has 1 aromatic carbocycles. The summed E-state index contributed by atoms with van der Waals surface area (Å²) in [6.07, 6.45) is 1.98. The van der Waals surface area contributed by atoms with E-state index in [1.165, 1.54) is 25.4 Å². The number of aromatic nitrogens is 1. The van der Waals surface area contributed by atoms with Crippen LogP contribution in [0.15, 0.2) is 29.4 Å². The van der Waals surface area contributed by atoms with Crippen molar-refractivity contribution in [1.82, 2.24) is 20.9 Å². The fourth-order valence-electron chi connectivity index (χ4n) is 3.22. The quantitative estimate of drug-likeness (QED) is 0.380. The molecule has 176 valence electrons. The molecule has 10 nitrogen and oxygen atoms in total. The van der Waals surface area contributed by atoms with E-state index in [1.54, 1.807) is 6.07 Å². The third-order valence-corrected chi connectivity index (χ3v) is 5.32. The van der Waals surface area contributed by atoms with Crippen LogP contribution in [0.2, 0.25) is 10.0 Å². The van der Waals surface area contributed by atoms with E-state index < -0.39 is 17.9 Å². The third-order valence-electron chi connectivity index (χ3n) is 4.81. The lowest BCUT2D eigenvalue weighted by molar-refractivity contribution is -0.120. The highest BCUT2D eigenvalue weighted by Crippen LogP contribution is 2.35. The van der Waals surface area contributed by atoms with Crippen molar-refractivity contribution in [2.75, 3.05) is 32.1 Å². The number of benzene rings is 1. The smallest absolute Gasteiger partial charge is 0.257 e. The average molecular weight is 495 g/mol. The van der Waals surface area contributed by atoms with Gasteiger partial charge in [-0.25, -0.2) is 4.98 Å². The van der Waals surface area contributed by atoms with Gasteiger partial charge in [0.25, 0.3) is 5.91 Å². The van der Waals surface area contributed by atoms with Crippen molar-refractivity contribution < 1.29 is 19.4 Å². The van der Waals surface area contributed by atoms with Gasteiger partial charge in [0.1, 0.15) is 11.3 Å². The van der Waals surface area contributed by atoms with E-state index in [2.05, 4.69) is 31.2 Å². The van der Waals surface area contributed by atoms with Crippen LogP contribution in [0.3, 0.4) is 0 Å². The number of halogens is 2. The van der Waals surface area contributed by atoms with Gasteiger partial charge in [-0.05, 0) is 24.6 Å². The van der Waals surface area contributed by atoms with Crippen molar-refractivity contribution in [3.8, 4) is 11.6 Å². The summed E-state index contributed by atoms with van der Waals surface area (Å²) in [7, 11) is 1.40. The second-order valence-electron chi connectivity index (χ2n) is 7.10. The number of aliphatic imine (C=N–C) groups is 1. The molecule has 1 aliphatic rings. The zero-order valence-corrected chi connectivity index (χ0v) is 19.5. The number of aromatic hydroxyl groups is 1. The van der Waals surface area contributed by atoms with Crippen molar-refractivity contribution in [1.29, 1.82) is 0 Å². The van der Waals surface area contributed by atoms with E-state index in [0.29, 0.717) is 35.2 Å². The van der Waals surface area contributed by atoms with Gasteiger partial charge in [0.15, 0.2) is 5.96 Å². The minimum Gasteiger partial charge on any atom is -0.506 e. The Morgan fingerprint density at radius 2 is 2.09 bits per heavy atom. The highest BCUT2D eigenvalue weighted by molar-refractivity contribution is 6.35. The van der Waals surface area contributed by atoms with Crippen LogP contribution in [-0.2, 0) is 4.79 Å². The molecular weight excluding hydrogens is 471 g/mol. The number of nitrogens with zero attached hydrogens (tertiary/aromatic N) is 2. The normalized spacial score (nSPS) is 13.5. The van der Waals surface area contributed by atoms with E-state index in [-0.39, 0.29) is 28.8 Å². The number of anilines is 1. The summed E-state index contributed by atoms with van der Waals surface area (Å²) in [5.41, 5.74) is 1.08. The zero-order chi connectivity index (χ0) is 24.0. The first-order chi connectivity index (χ1) is 15.8. The Morgan fingerprint density at radius 3 is 2.76 bits per heavy atom. The van der Waals surface area contributed by atoms with E-state index >= 15 is 0 Å². The Morgan fingerprint density at radius 1 is 1.30 bits per heavy atom. The number of pyridine rings is 1. The summed E-state index contributed by atoms with van der Waals surface area (Å²) >= 11 is 12.0. The van der Waals surface area contributed by atoms with Crippen LogP contribution in [0.1, 0.15) is 35.3 Å². The topological polar surface area (TPSA) is 137 Å². The molecule has 0 saturated carbocycles. The highest BCUT2D eigenvalue weighted by Gasteiger charge is 2.21. The molecule has 0 bridgehead atoms. The molecule has 2 amide bonds. The average Bonchev–Trinajstić information content (AvgIpc) is 3.31. The molecule has 0 saturated heterocycles. The number of amides is 2. The Hall–Kier alpha value is -3.24. The third kappa shape index (κ3) is 6.17. The van der Waals surface area contributed by atoms with Crippen LogP contribution < -0.4 is 26.0 Å². The molecule has 2 heterocycles. The van der Waals surface area contributed by atoms with Crippen molar-refractivity contribution in [3.05, 3.63) is 45.6 Å². The summed E-state index contributed by atoms with van der Waals surface area (Å²) in [5.74, 6) is -0.455. The van der Waals surface area contributed by atoms with Gasteiger partial charge >= 0.3 is 0 Å². The van der Waals surface area contributed by atoms with Gasteiger partial charge < -0.3 is 31.1 Å². The van der Waals surface area contributed by atoms with Crippen molar-refractivity contribution in [2.24, 2.45) is 4.99 Å². The fourth-order valence-corrected chi connectivity index (χ4v) is 3.73. The molecule has 2 aromatic rings. The number of carbonyl (C=O) groups is 2. The second-order valence-corrected chi connectivity index (χ2v) is 7.94. The molecule has 5 N–H and O–H groups in total. The number of phenols is 1. The molecule has 0 fully saturated rings. The number of ether oxygens (including phenoxy) is 1. The van der Waals surface area contributed by atoms with Crippen LogP contribution in [0, 0.1) is 0 Å². The van der Waals surface area contributed by atoms with Gasteiger partial charge in [-0.2, -0.15) is 0 Å². The first-order valence-corrected chi connectivity index (χ1v) is 10.9. The minimum atomic E-state index is -0.547. The van der Waals surface area contributed by atoms with Crippen molar-refractivity contribution in [2.45, 2.75) is 19.4 Å². The molecule has 1 aliphatic heterocycles. The Bertz CT molecular complexity index is 1080. The monoisotopic (exact) mass is 494 g/mol. The number of methoxy groups -OCH3 is 1. The van der Waals surface area contributed by atoms with Crippen molar-refractivity contribution in [3.63, 3.8) is 0 Å². The number of guanidine groups is 1. The van der Waals surface area contributed by atoms with Gasteiger partial charge in [-0.15, -0.1) is 0 Å². The fraction of sp³-hybridized carbons (Fsp3) is 0.333. The van der Waals surface area contributed by atoms with Crippen molar-refractivity contribution >= 4 is 46.7 Å². The Labute approximate surface area is 200 Å². The van der Waals surface area contributed by atoms with Gasteiger partial charge in [0.2, 0.25) is 11.8 Å². The summed E-state index contributed by atoms with van der Waals surface area (Å²) in [6.45, 7) is 2.91. The van der Waals surface area contributed by atoms with E-state index in [9.17, 15) is 14.7 Å². The molecule has 0 spiro atoms. The van der Waals surface area contributed by atoms with E-state index in [4.69, 9.17) is 27.9 Å². The Kier molecular flexibility index (Phi) is 8.18. The van der Waals surface area contributed by atoms with Gasteiger partial charge in [0, 0.05) is 17.1 Å². The van der Waals surface area contributed by atoms with Gasteiger partial charge in [-0.3, -0.25) is 14.6 Å². The zero-order valence-electron chi connectivity index (χ0n) is 18.0. The van der Waals surface area contributed by atoms with Crippen LogP contribution >= 0.6 is 23.2 Å².